The number of guanidine groups is 1. The standard InChI is InChI=1S/C28H30N6O2/c1-21(35)33(16-17-34(20-29)28(30)32-24-12-14-31-15-13-24)18-19-36-27-25-8-4-2-6-22(25)10-11-23-7-3-5-9-26(23)27/h2-9,12-15,27H,10-11,16-19H2,1H3,(H2,30,31,32). The molecule has 1 heterocycles. The predicted molar refractivity (Wildman–Crippen MR) is 138 cm³/mol. The number of carbonyl (C=O) groups is 1. The number of hydrogen-bond acceptors (Lipinski definition) is 5. The summed E-state index contributed by atoms with van der Waals surface area (Å²) in [5, 5.41) is 20.6. The summed E-state index contributed by atoms with van der Waals surface area (Å²) in [6.07, 6.45) is 6.97. The van der Waals surface area contributed by atoms with Gasteiger partial charge in [0.15, 0.2) is 6.19 Å². The minimum Gasteiger partial charge on any atom is -0.367 e. The van der Waals surface area contributed by atoms with Crippen molar-refractivity contribution in [1.29, 1.82) is 10.7 Å². The molecule has 1 aromatic heterocycles. The van der Waals surface area contributed by atoms with E-state index in [4.69, 9.17) is 10.1 Å². The molecule has 3 aromatic rings. The van der Waals surface area contributed by atoms with Crippen molar-refractivity contribution in [3.8, 4) is 6.19 Å². The van der Waals surface area contributed by atoms with E-state index >= 15 is 0 Å². The number of carbonyl (C=O) groups excluding carboxylic acids is 1. The highest BCUT2D eigenvalue weighted by Gasteiger charge is 2.24. The first-order valence-corrected chi connectivity index (χ1v) is 12.0. The van der Waals surface area contributed by atoms with Crippen molar-refractivity contribution in [2.45, 2.75) is 25.9 Å². The molecular formula is C28H30N6O2. The maximum Gasteiger partial charge on any atom is 0.219 e. The SMILES string of the molecule is CC(=O)N(CCOC1c2ccccc2CCc2ccccc21)CCN(C#N)C(=N)Nc1ccncc1. The topological polar surface area (TPSA) is 105 Å². The number of nitrogens with one attached hydrogen (secondary N) is 2. The van der Waals surface area contributed by atoms with E-state index in [1.807, 2.05) is 18.3 Å². The van der Waals surface area contributed by atoms with Crippen LogP contribution in [0.25, 0.3) is 0 Å². The summed E-state index contributed by atoms with van der Waals surface area (Å²) in [6.45, 7) is 2.74. The minimum atomic E-state index is -0.193. The number of ether oxygens (including phenoxy) is 1. The van der Waals surface area contributed by atoms with Crippen LogP contribution in [0.3, 0.4) is 0 Å². The Morgan fingerprint density at radius 1 is 1.03 bits per heavy atom. The van der Waals surface area contributed by atoms with Gasteiger partial charge in [-0.05, 0) is 47.2 Å². The van der Waals surface area contributed by atoms with Gasteiger partial charge in [0.1, 0.15) is 6.10 Å². The second kappa shape index (κ2) is 12.0. The maximum absolute atomic E-state index is 12.3. The molecular weight excluding hydrogens is 452 g/mol. The first-order valence-electron chi connectivity index (χ1n) is 12.0. The molecule has 8 heteroatoms. The first kappa shape index (κ1) is 24.9. The van der Waals surface area contributed by atoms with Crippen LogP contribution in [-0.2, 0) is 22.4 Å². The predicted octanol–water partition coefficient (Wildman–Crippen LogP) is 3.96. The van der Waals surface area contributed by atoms with Crippen LogP contribution < -0.4 is 5.32 Å². The highest BCUT2D eigenvalue weighted by Crippen LogP contribution is 2.34. The molecule has 2 aromatic carbocycles. The highest BCUT2D eigenvalue weighted by molar-refractivity contribution is 5.92. The molecule has 0 aliphatic heterocycles. The van der Waals surface area contributed by atoms with Crippen LogP contribution in [0.4, 0.5) is 5.69 Å². The summed E-state index contributed by atoms with van der Waals surface area (Å²) in [5.41, 5.74) is 5.57. The van der Waals surface area contributed by atoms with Gasteiger partial charge in [-0.1, -0.05) is 48.5 Å². The number of nitriles is 1. The largest absolute Gasteiger partial charge is 0.367 e. The van der Waals surface area contributed by atoms with Crippen molar-refractivity contribution < 1.29 is 9.53 Å². The summed E-state index contributed by atoms with van der Waals surface area (Å²) in [4.78, 5) is 19.1. The van der Waals surface area contributed by atoms with Crippen molar-refractivity contribution in [3.05, 3.63) is 95.3 Å². The number of pyridine rings is 1. The molecule has 0 saturated heterocycles. The Morgan fingerprint density at radius 3 is 2.22 bits per heavy atom. The number of aryl methyl sites for hydroxylation is 2. The van der Waals surface area contributed by atoms with Crippen LogP contribution in [0.15, 0.2) is 73.1 Å². The zero-order valence-corrected chi connectivity index (χ0v) is 20.4. The number of aromatic nitrogens is 1. The van der Waals surface area contributed by atoms with Gasteiger partial charge in [-0.25, -0.2) is 4.90 Å². The van der Waals surface area contributed by atoms with E-state index in [-0.39, 0.29) is 24.5 Å². The lowest BCUT2D eigenvalue weighted by Gasteiger charge is -2.26. The average Bonchev–Trinajstić information content (AvgIpc) is 3.05. The van der Waals surface area contributed by atoms with E-state index in [0.717, 1.165) is 12.8 Å². The van der Waals surface area contributed by atoms with Crippen molar-refractivity contribution in [2.24, 2.45) is 0 Å². The van der Waals surface area contributed by atoms with Crippen LogP contribution in [-0.4, -0.2) is 52.9 Å². The normalized spacial score (nSPS) is 12.4. The Balaban J connectivity index is 1.38. The fraction of sp³-hybridized carbons (Fsp3) is 0.286. The molecule has 184 valence electrons. The number of fused-ring (bicyclic) bond motifs is 2. The van der Waals surface area contributed by atoms with Crippen molar-refractivity contribution in [2.75, 3.05) is 31.6 Å². The van der Waals surface area contributed by atoms with Crippen LogP contribution in [0.1, 0.15) is 35.3 Å². The molecule has 0 spiro atoms. The Hall–Kier alpha value is -4.22. The lowest BCUT2D eigenvalue weighted by Crippen LogP contribution is -2.41. The molecule has 0 radical (unpaired) electrons. The van der Waals surface area contributed by atoms with E-state index in [1.165, 1.54) is 34.1 Å². The molecule has 0 fully saturated rings. The molecule has 0 saturated carbocycles. The van der Waals surface area contributed by atoms with Crippen molar-refractivity contribution in [3.63, 3.8) is 0 Å². The molecule has 8 nitrogen and oxygen atoms in total. The zero-order chi connectivity index (χ0) is 25.3. The van der Waals surface area contributed by atoms with Gasteiger partial charge in [-0.3, -0.25) is 15.2 Å². The zero-order valence-electron chi connectivity index (χ0n) is 20.4. The summed E-state index contributed by atoms with van der Waals surface area (Å²) >= 11 is 0. The number of rotatable bonds is 8. The van der Waals surface area contributed by atoms with Gasteiger partial charge in [-0.2, -0.15) is 5.26 Å². The fourth-order valence-electron chi connectivity index (χ4n) is 4.43. The van der Waals surface area contributed by atoms with E-state index in [9.17, 15) is 10.1 Å². The van der Waals surface area contributed by atoms with Crippen LogP contribution in [0.5, 0.6) is 0 Å². The van der Waals surface area contributed by atoms with Gasteiger partial charge in [-0.15, -0.1) is 0 Å². The molecule has 0 atom stereocenters. The van der Waals surface area contributed by atoms with Crippen molar-refractivity contribution >= 4 is 17.6 Å². The lowest BCUT2D eigenvalue weighted by molar-refractivity contribution is -0.129. The van der Waals surface area contributed by atoms with E-state index < -0.39 is 0 Å². The second-order valence-corrected chi connectivity index (χ2v) is 8.62. The van der Waals surface area contributed by atoms with Crippen LogP contribution in [0, 0.1) is 16.9 Å². The second-order valence-electron chi connectivity index (χ2n) is 8.62. The Morgan fingerprint density at radius 2 is 1.64 bits per heavy atom. The highest BCUT2D eigenvalue weighted by atomic mass is 16.5. The quantitative estimate of drug-likeness (QED) is 0.218. The number of benzene rings is 2. The lowest BCUT2D eigenvalue weighted by atomic mass is 9.97. The summed E-state index contributed by atoms with van der Waals surface area (Å²) in [5.74, 6) is -0.165. The summed E-state index contributed by atoms with van der Waals surface area (Å²) in [6, 6.07) is 20.2. The van der Waals surface area contributed by atoms with Gasteiger partial charge >= 0.3 is 0 Å². The fourth-order valence-corrected chi connectivity index (χ4v) is 4.43. The third-order valence-electron chi connectivity index (χ3n) is 6.36. The molecule has 0 unspecified atom stereocenters. The number of anilines is 1. The Bertz CT molecular complexity index is 1190. The van der Waals surface area contributed by atoms with Crippen LogP contribution in [0.2, 0.25) is 0 Å². The molecule has 2 N–H and O–H groups in total. The Kier molecular flexibility index (Phi) is 8.27. The molecule has 1 amide bonds. The monoisotopic (exact) mass is 482 g/mol. The van der Waals surface area contributed by atoms with E-state index in [0.29, 0.717) is 25.4 Å². The molecule has 4 rings (SSSR count). The number of hydrogen-bond donors (Lipinski definition) is 2. The molecule has 36 heavy (non-hydrogen) atoms. The van der Waals surface area contributed by atoms with E-state index in [1.54, 1.807) is 29.4 Å². The van der Waals surface area contributed by atoms with Gasteiger partial charge in [0, 0.05) is 38.1 Å². The van der Waals surface area contributed by atoms with Gasteiger partial charge in [0.05, 0.1) is 13.2 Å². The van der Waals surface area contributed by atoms with Gasteiger partial charge in [0.25, 0.3) is 0 Å². The number of amides is 1. The van der Waals surface area contributed by atoms with Gasteiger partial charge < -0.3 is 15.0 Å². The third kappa shape index (κ3) is 6.06. The molecule has 0 bridgehead atoms. The average molecular weight is 483 g/mol. The number of nitrogens with zero attached hydrogens (tertiary/aromatic N) is 4. The molecule has 1 aliphatic rings. The first-order chi connectivity index (χ1) is 17.6. The maximum atomic E-state index is 12.3. The van der Waals surface area contributed by atoms with Crippen molar-refractivity contribution in [1.82, 2.24) is 14.8 Å². The Labute approximate surface area is 211 Å². The summed E-state index contributed by atoms with van der Waals surface area (Å²) in [7, 11) is 0. The van der Waals surface area contributed by atoms with Gasteiger partial charge in [0.2, 0.25) is 11.9 Å². The summed E-state index contributed by atoms with van der Waals surface area (Å²) < 4.78 is 6.42. The van der Waals surface area contributed by atoms with E-state index in [2.05, 4.69) is 46.7 Å². The minimum absolute atomic E-state index is 0.0601. The van der Waals surface area contributed by atoms with Crippen LogP contribution >= 0.6 is 0 Å². The third-order valence-corrected chi connectivity index (χ3v) is 6.36. The smallest absolute Gasteiger partial charge is 0.219 e. The molecule has 1 aliphatic carbocycles.